The number of amides is 2. The monoisotopic (exact) mass is 242 g/mol. The van der Waals surface area contributed by atoms with Crippen LogP contribution in [0.25, 0.3) is 5.57 Å². The van der Waals surface area contributed by atoms with Gasteiger partial charge in [-0.3, -0.25) is 9.59 Å². The van der Waals surface area contributed by atoms with Crippen LogP contribution in [0.2, 0.25) is 0 Å². The van der Waals surface area contributed by atoms with Crippen molar-refractivity contribution in [3.05, 3.63) is 47.9 Å². The van der Waals surface area contributed by atoms with E-state index in [-0.39, 0.29) is 0 Å². The number of para-hydroxylation sites is 1. The fourth-order valence-electron chi connectivity index (χ4n) is 2.06. The van der Waals surface area contributed by atoms with Crippen molar-refractivity contribution in [1.29, 1.82) is 0 Å². The van der Waals surface area contributed by atoms with E-state index in [2.05, 4.69) is 5.32 Å². The Morgan fingerprint density at radius 1 is 1.33 bits per heavy atom. The summed E-state index contributed by atoms with van der Waals surface area (Å²) in [7, 11) is 0. The van der Waals surface area contributed by atoms with Gasteiger partial charge < -0.3 is 15.8 Å². The Kier molecular flexibility index (Phi) is 2.19. The fourth-order valence-corrected chi connectivity index (χ4v) is 2.06. The molecule has 0 saturated carbocycles. The molecule has 0 spiro atoms. The predicted molar refractivity (Wildman–Crippen MR) is 64.0 cm³/mol. The van der Waals surface area contributed by atoms with Gasteiger partial charge in [-0.15, -0.1) is 0 Å². The van der Waals surface area contributed by atoms with Crippen LogP contribution in [-0.2, 0) is 9.59 Å². The van der Waals surface area contributed by atoms with E-state index in [0.29, 0.717) is 11.4 Å². The van der Waals surface area contributed by atoms with Crippen LogP contribution in [0.15, 0.2) is 42.3 Å². The minimum absolute atomic E-state index is 0.430. The molecule has 3 rings (SSSR count). The lowest BCUT2D eigenvalue weighted by molar-refractivity contribution is -0.131. The highest BCUT2D eigenvalue weighted by Gasteiger charge is 2.32. The molecule has 1 unspecified atom stereocenters. The molecule has 1 atom stereocenters. The Hall–Kier alpha value is -2.56. The number of hydrogen-bond donors (Lipinski definition) is 2. The number of benzene rings is 1. The zero-order valence-corrected chi connectivity index (χ0v) is 9.34. The van der Waals surface area contributed by atoms with Crippen LogP contribution in [0, 0.1) is 5.92 Å². The smallest absolute Gasteiger partial charge is 0.240 e. The largest absolute Gasteiger partial charge is 0.462 e. The number of fused-ring (bicyclic) bond motifs is 3. The van der Waals surface area contributed by atoms with Gasteiger partial charge in [0.1, 0.15) is 17.9 Å². The maximum Gasteiger partial charge on any atom is 0.240 e. The van der Waals surface area contributed by atoms with Gasteiger partial charge in [0, 0.05) is 11.1 Å². The minimum Gasteiger partial charge on any atom is -0.462 e. The van der Waals surface area contributed by atoms with Gasteiger partial charge in [-0.2, -0.15) is 0 Å². The van der Waals surface area contributed by atoms with E-state index in [1.807, 2.05) is 24.3 Å². The van der Waals surface area contributed by atoms with E-state index < -0.39 is 17.7 Å². The molecule has 2 heterocycles. The lowest BCUT2D eigenvalue weighted by Gasteiger charge is -2.26. The third kappa shape index (κ3) is 1.48. The van der Waals surface area contributed by atoms with Crippen molar-refractivity contribution < 1.29 is 14.3 Å². The first-order chi connectivity index (χ1) is 8.66. The van der Waals surface area contributed by atoms with Crippen molar-refractivity contribution in [3.8, 4) is 5.75 Å². The van der Waals surface area contributed by atoms with Gasteiger partial charge in [0.15, 0.2) is 0 Å². The molecule has 3 N–H and O–H groups in total. The average molecular weight is 242 g/mol. The molecule has 0 saturated heterocycles. The summed E-state index contributed by atoms with van der Waals surface area (Å²) in [6.07, 6.45) is 3.04. The van der Waals surface area contributed by atoms with Gasteiger partial charge in [0.2, 0.25) is 11.8 Å². The lowest BCUT2D eigenvalue weighted by Crippen LogP contribution is -2.41. The summed E-state index contributed by atoms with van der Waals surface area (Å²) >= 11 is 0. The third-order valence-electron chi connectivity index (χ3n) is 2.95. The summed E-state index contributed by atoms with van der Waals surface area (Å²) in [5, 5.41) is 2.62. The zero-order valence-electron chi connectivity index (χ0n) is 9.34. The van der Waals surface area contributed by atoms with E-state index >= 15 is 0 Å². The first kappa shape index (κ1) is 10.6. The molecule has 2 amide bonds. The van der Waals surface area contributed by atoms with E-state index in [0.717, 1.165) is 11.1 Å². The highest BCUT2D eigenvalue weighted by atomic mass is 16.5. The predicted octanol–water partition coefficient (Wildman–Crippen LogP) is 0.535. The van der Waals surface area contributed by atoms with Gasteiger partial charge in [-0.1, -0.05) is 24.3 Å². The Labute approximate surface area is 103 Å². The van der Waals surface area contributed by atoms with E-state index in [1.54, 1.807) is 6.08 Å². The molecule has 0 fully saturated rings. The number of ether oxygens (including phenoxy) is 1. The highest BCUT2D eigenvalue weighted by molar-refractivity contribution is 6.08. The van der Waals surface area contributed by atoms with Gasteiger partial charge in [0.05, 0.1) is 5.70 Å². The number of carbonyl (C=O) groups excluding carboxylic acids is 2. The van der Waals surface area contributed by atoms with Gasteiger partial charge in [-0.25, -0.2) is 0 Å². The second-order valence-corrected chi connectivity index (χ2v) is 4.10. The molecule has 0 bridgehead atoms. The Balaban J connectivity index is 2.15. The molecule has 18 heavy (non-hydrogen) atoms. The van der Waals surface area contributed by atoms with Crippen LogP contribution < -0.4 is 15.8 Å². The van der Waals surface area contributed by atoms with Gasteiger partial charge >= 0.3 is 0 Å². The molecule has 0 aliphatic carbocycles. The van der Waals surface area contributed by atoms with Crippen LogP contribution in [-0.4, -0.2) is 11.8 Å². The Morgan fingerprint density at radius 2 is 2.11 bits per heavy atom. The normalized spacial score (nSPS) is 20.7. The number of hydrogen-bond acceptors (Lipinski definition) is 3. The molecule has 5 heteroatoms. The van der Waals surface area contributed by atoms with Crippen LogP contribution in [0.1, 0.15) is 5.56 Å². The topological polar surface area (TPSA) is 81.4 Å². The van der Waals surface area contributed by atoms with E-state index in [4.69, 9.17) is 10.5 Å². The molecule has 90 valence electrons. The molecule has 1 aromatic rings. The summed E-state index contributed by atoms with van der Waals surface area (Å²) in [5.41, 5.74) is 7.35. The fraction of sp³-hybridized carbons (Fsp3) is 0.0769. The molecule has 1 aromatic carbocycles. The Bertz CT molecular complexity index is 616. The molecule has 2 aliphatic rings. The number of nitrogens with one attached hydrogen (secondary N) is 1. The first-order valence-electron chi connectivity index (χ1n) is 5.45. The number of carbonyl (C=O) groups is 2. The van der Waals surface area contributed by atoms with Gasteiger partial charge in [-0.05, 0) is 6.07 Å². The average Bonchev–Trinajstić information content (AvgIpc) is 2.37. The molecule has 5 nitrogen and oxygen atoms in total. The molecule has 0 aromatic heterocycles. The van der Waals surface area contributed by atoms with Crippen LogP contribution in [0.5, 0.6) is 5.75 Å². The molecule has 2 aliphatic heterocycles. The maximum atomic E-state index is 11.6. The second kappa shape index (κ2) is 3.73. The number of primary amides is 1. The lowest BCUT2D eigenvalue weighted by atomic mass is 9.91. The molecular formula is C13H10N2O3. The van der Waals surface area contributed by atoms with E-state index in [1.165, 1.54) is 6.26 Å². The van der Waals surface area contributed by atoms with Crippen molar-refractivity contribution in [3.63, 3.8) is 0 Å². The number of allylic oxidation sites excluding steroid dienone is 1. The number of rotatable bonds is 1. The van der Waals surface area contributed by atoms with Crippen LogP contribution >= 0.6 is 0 Å². The highest BCUT2D eigenvalue weighted by Crippen LogP contribution is 2.36. The quantitative estimate of drug-likeness (QED) is 0.705. The number of nitrogens with two attached hydrogens (primary N) is 1. The molecule has 0 radical (unpaired) electrons. The van der Waals surface area contributed by atoms with Crippen molar-refractivity contribution in [2.45, 2.75) is 0 Å². The van der Waals surface area contributed by atoms with Crippen molar-refractivity contribution in [2.75, 3.05) is 0 Å². The Morgan fingerprint density at radius 3 is 2.89 bits per heavy atom. The summed E-state index contributed by atoms with van der Waals surface area (Å²) in [5.74, 6) is -1.35. The minimum atomic E-state index is -0.941. The molecular weight excluding hydrogens is 232 g/mol. The summed E-state index contributed by atoms with van der Waals surface area (Å²) in [6.45, 7) is 0. The first-order valence-corrected chi connectivity index (χ1v) is 5.45. The van der Waals surface area contributed by atoms with Gasteiger partial charge in [0.25, 0.3) is 0 Å². The summed E-state index contributed by atoms with van der Waals surface area (Å²) in [6, 6.07) is 7.40. The maximum absolute atomic E-state index is 11.6. The summed E-state index contributed by atoms with van der Waals surface area (Å²) in [4.78, 5) is 22.9. The SMILES string of the molecule is NC(=O)C1C=C2C(=COc3ccccc32)NC1=O. The van der Waals surface area contributed by atoms with Crippen molar-refractivity contribution in [2.24, 2.45) is 11.7 Å². The van der Waals surface area contributed by atoms with Crippen LogP contribution in [0.4, 0.5) is 0 Å². The van der Waals surface area contributed by atoms with Crippen molar-refractivity contribution in [1.82, 2.24) is 5.32 Å². The standard InChI is InChI=1S/C13H10N2O3/c14-12(16)9-5-8-7-3-1-2-4-11(7)18-6-10(8)15-13(9)17/h1-6,9H,(H2,14,16)(H,15,17). The van der Waals surface area contributed by atoms with Crippen LogP contribution in [0.3, 0.4) is 0 Å². The zero-order chi connectivity index (χ0) is 12.7. The van der Waals surface area contributed by atoms with Crippen molar-refractivity contribution >= 4 is 17.4 Å². The van der Waals surface area contributed by atoms with E-state index in [9.17, 15) is 9.59 Å². The third-order valence-corrected chi connectivity index (χ3v) is 2.95. The second-order valence-electron chi connectivity index (χ2n) is 4.10. The summed E-state index contributed by atoms with van der Waals surface area (Å²) < 4.78 is 5.40.